The molecule has 0 N–H and O–H groups in total. The Morgan fingerprint density at radius 2 is 1.03 bits per heavy atom. The Morgan fingerprint density at radius 1 is 0.625 bits per heavy atom. The maximum absolute atomic E-state index is 12.7. The van der Waals surface area contributed by atoms with Crippen LogP contribution in [0.25, 0.3) is 0 Å². The van der Waals surface area contributed by atoms with E-state index in [1.165, 1.54) is 70.6 Å². The molecule has 0 radical (unpaired) electrons. The van der Waals surface area contributed by atoms with Gasteiger partial charge in [-0.2, -0.15) is 0 Å². The third-order valence-corrected chi connectivity index (χ3v) is 7.01. The van der Waals surface area contributed by atoms with E-state index in [0.29, 0.717) is 32.0 Å². The van der Waals surface area contributed by atoms with Gasteiger partial charge in [-0.1, -0.05) is 118 Å². The zero-order chi connectivity index (χ0) is 24.1. The molecule has 0 bridgehead atoms. The first-order chi connectivity index (χ1) is 15.5. The lowest BCUT2D eigenvalue weighted by Crippen LogP contribution is -2.41. The molecular formula is C28H54O4. The lowest BCUT2D eigenvalue weighted by molar-refractivity contribution is -0.173. The Labute approximate surface area is 199 Å². The fraction of sp³-hybridized carbons (Fsp3) is 0.929. The fourth-order valence-corrected chi connectivity index (χ4v) is 4.03. The summed E-state index contributed by atoms with van der Waals surface area (Å²) in [5, 5.41) is 0. The van der Waals surface area contributed by atoms with Crippen molar-refractivity contribution < 1.29 is 19.1 Å². The topological polar surface area (TPSA) is 52.6 Å². The van der Waals surface area contributed by atoms with E-state index in [0.717, 1.165) is 25.7 Å². The van der Waals surface area contributed by atoms with E-state index in [2.05, 4.69) is 20.8 Å². The van der Waals surface area contributed by atoms with Crippen molar-refractivity contribution in [2.45, 2.75) is 144 Å². The number of carbonyl (C=O) groups excluding carboxylic acids is 2. The van der Waals surface area contributed by atoms with Gasteiger partial charge in [-0.15, -0.1) is 0 Å². The predicted octanol–water partition coefficient (Wildman–Crippen LogP) is 8.41. The van der Waals surface area contributed by atoms with Crippen LogP contribution >= 0.6 is 0 Å². The van der Waals surface area contributed by atoms with Gasteiger partial charge in [0.05, 0.1) is 13.2 Å². The lowest BCUT2D eigenvalue weighted by Gasteiger charge is -2.27. The van der Waals surface area contributed by atoms with Gasteiger partial charge >= 0.3 is 11.9 Å². The number of hydrogen-bond acceptors (Lipinski definition) is 4. The summed E-state index contributed by atoms with van der Waals surface area (Å²) < 4.78 is 11.0. The SMILES string of the molecule is CCCCCCCCCCCCCCCOC(=O)C(CC)(CC)C(=O)OCCC(C)CC. The molecular weight excluding hydrogens is 400 g/mol. The van der Waals surface area contributed by atoms with Gasteiger partial charge in [0.2, 0.25) is 0 Å². The number of hydrogen-bond donors (Lipinski definition) is 0. The van der Waals surface area contributed by atoms with Gasteiger partial charge < -0.3 is 9.47 Å². The van der Waals surface area contributed by atoms with Crippen molar-refractivity contribution in [1.29, 1.82) is 0 Å². The van der Waals surface area contributed by atoms with E-state index in [1.807, 2.05) is 13.8 Å². The number of rotatable bonds is 22. The molecule has 0 saturated carbocycles. The molecule has 0 saturated heterocycles. The van der Waals surface area contributed by atoms with Crippen LogP contribution in [0.3, 0.4) is 0 Å². The van der Waals surface area contributed by atoms with Crippen LogP contribution in [-0.2, 0) is 19.1 Å². The van der Waals surface area contributed by atoms with Crippen molar-refractivity contribution in [3.8, 4) is 0 Å². The minimum absolute atomic E-state index is 0.377. The molecule has 0 aliphatic rings. The normalized spacial score (nSPS) is 12.5. The highest BCUT2D eigenvalue weighted by molar-refractivity contribution is 5.99. The molecule has 0 amide bonds. The van der Waals surface area contributed by atoms with Gasteiger partial charge in [-0.3, -0.25) is 9.59 Å². The number of carbonyl (C=O) groups is 2. The van der Waals surface area contributed by atoms with Gasteiger partial charge in [-0.25, -0.2) is 0 Å². The molecule has 1 atom stereocenters. The van der Waals surface area contributed by atoms with Gasteiger partial charge in [0.25, 0.3) is 0 Å². The van der Waals surface area contributed by atoms with Crippen LogP contribution in [0.15, 0.2) is 0 Å². The summed E-state index contributed by atoms with van der Waals surface area (Å²) >= 11 is 0. The van der Waals surface area contributed by atoms with Gasteiger partial charge in [0.15, 0.2) is 5.41 Å². The van der Waals surface area contributed by atoms with E-state index in [9.17, 15) is 9.59 Å². The van der Waals surface area contributed by atoms with E-state index in [1.54, 1.807) is 0 Å². The summed E-state index contributed by atoms with van der Waals surface area (Å²) in [6.07, 6.45) is 19.5. The first kappa shape index (κ1) is 30.9. The van der Waals surface area contributed by atoms with Crippen molar-refractivity contribution in [2.24, 2.45) is 11.3 Å². The minimum atomic E-state index is -1.15. The Bertz CT molecular complexity index is 456. The lowest BCUT2D eigenvalue weighted by atomic mass is 9.82. The molecule has 0 aliphatic carbocycles. The van der Waals surface area contributed by atoms with Crippen LogP contribution < -0.4 is 0 Å². The summed E-state index contributed by atoms with van der Waals surface area (Å²) in [6.45, 7) is 11.0. The van der Waals surface area contributed by atoms with E-state index < -0.39 is 17.4 Å². The second-order valence-corrected chi connectivity index (χ2v) is 9.61. The van der Waals surface area contributed by atoms with Crippen LogP contribution in [-0.4, -0.2) is 25.2 Å². The van der Waals surface area contributed by atoms with E-state index in [4.69, 9.17) is 9.47 Å². The molecule has 0 rings (SSSR count). The van der Waals surface area contributed by atoms with Gasteiger partial charge in [0.1, 0.15) is 0 Å². The van der Waals surface area contributed by atoms with Crippen molar-refractivity contribution in [2.75, 3.05) is 13.2 Å². The largest absolute Gasteiger partial charge is 0.465 e. The highest BCUT2D eigenvalue weighted by Crippen LogP contribution is 2.30. The number of esters is 2. The molecule has 1 unspecified atom stereocenters. The first-order valence-electron chi connectivity index (χ1n) is 13.8. The molecule has 32 heavy (non-hydrogen) atoms. The van der Waals surface area contributed by atoms with E-state index in [-0.39, 0.29) is 0 Å². The third-order valence-electron chi connectivity index (χ3n) is 7.01. The van der Waals surface area contributed by atoms with Crippen molar-refractivity contribution >= 4 is 11.9 Å². The molecule has 0 spiro atoms. The average Bonchev–Trinajstić information content (AvgIpc) is 2.80. The van der Waals surface area contributed by atoms with Crippen LogP contribution in [0.1, 0.15) is 144 Å². The van der Waals surface area contributed by atoms with Gasteiger partial charge in [-0.05, 0) is 31.6 Å². The zero-order valence-corrected chi connectivity index (χ0v) is 22.1. The Morgan fingerprint density at radius 3 is 1.44 bits per heavy atom. The first-order valence-corrected chi connectivity index (χ1v) is 13.8. The van der Waals surface area contributed by atoms with Crippen LogP contribution in [0.2, 0.25) is 0 Å². The van der Waals surface area contributed by atoms with Crippen molar-refractivity contribution in [1.82, 2.24) is 0 Å². The zero-order valence-electron chi connectivity index (χ0n) is 22.1. The predicted molar refractivity (Wildman–Crippen MR) is 135 cm³/mol. The second-order valence-electron chi connectivity index (χ2n) is 9.61. The van der Waals surface area contributed by atoms with E-state index >= 15 is 0 Å². The molecule has 4 nitrogen and oxygen atoms in total. The highest BCUT2D eigenvalue weighted by Gasteiger charge is 2.45. The fourth-order valence-electron chi connectivity index (χ4n) is 4.03. The highest BCUT2D eigenvalue weighted by atomic mass is 16.6. The second kappa shape index (κ2) is 20.5. The molecule has 0 aromatic carbocycles. The molecule has 0 aliphatic heterocycles. The Hall–Kier alpha value is -1.06. The van der Waals surface area contributed by atoms with Crippen molar-refractivity contribution in [3.63, 3.8) is 0 Å². The van der Waals surface area contributed by atoms with Crippen LogP contribution in [0.4, 0.5) is 0 Å². The van der Waals surface area contributed by atoms with Crippen molar-refractivity contribution in [3.05, 3.63) is 0 Å². The maximum Gasteiger partial charge on any atom is 0.323 e. The molecule has 0 aromatic rings. The minimum Gasteiger partial charge on any atom is -0.465 e. The molecule has 0 aromatic heterocycles. The smallest absolute Gasteiger partial charge is 0.323 e. The standard InChI is InChI=1S/C28H54O4/c1-6-10-11-12-13-14-15-16-17-18-19-20-21-23-31-26(29)28(8-3,9-4)27(30)32-24-22-25(5)7-2/h25H,6-24H2,1-5H3. The summed E-state index contributed by atoms with van der Waals surface area (Å²) in [5.74, 6) is -0.306. The molecule has 0 fully saturated rings. The van der Waals surface area contributed by atoms with Gasteiger partial charge in [0, 0.05) is 0 Å². The summed E-state index contributed by atoms with van der Waals surface area (Å²) in [7, 11) is 0. The quantitative estimate of drug-likeness (QED) is 0.0935. The Balaban J connectivity index is 3.93. The average molecular weight is 455 g/mol. The summed E-state index contributed by atoms with van der Waals surface area (Å²) in [6, 6.07) is 0. The maximum atomic E-state index is 12.7. The monoisotopic (exact) mass is 454 g/mol. The third kappa shape index (κ3) is 13.5. The summed E-state index contributed by atoms with van der Waals surface area (Å²) in [5.41, 5.74) is -1.15. The number of unbranched alkanes of at least 4 members (excludes halogenated alkanes) is 12. The van der Waals surface area contributed by atoms with Crippen LogP contribution in [0.5, 0.6) is 0 Å². The molecule has 4 heteroatoms. The van der Waals surface area contributed by atoms with Crippen LogP contribution in [0, 0.1) is 11.3 Å². The Kier molecular flexibility index (Phi) is 19.9. The molecule has 0 heterocycles. The molecule has 190 valence electrons. The summed E-state index contributed by atoms with van der Waals surface area (Å²) in [4.78, 5) is 25.4. The number of ether oxygens (including phenoxy) is 2.